The molecule has 1 aromatic heterocycles. The van der Waals surface area contributed by atoms with E-state index in [1.807, 2.05) is 0 Å². The van der Waals surface area contributed by atoms with Crippen LogP contribution in [0.15, 0.2) is 6.20 Å². The fourth-order valence-electron chi connectivity index (χ4n) is 0.904. The average Bonchev–Trinajstić information content (AvgIpc) is 2.11. The molecule has 0 unspecified atom stereocenters. The topological polar surface area (TPSA) is 71.9 Å². The van der Waals surface area contributed by atoms with Gasteiger partial charge in [-0.25, -0.2) is 0 Å². The number of rotatable bonds is 1. The number of hydrogen-bond acceptors (Lipinski definition) is 4. The van der Waals surface area contributed by atoms with Crippen LogP contribution in [0.1, 0.15) is 11.3 Å². The smallest absolute Gasteiger partial charge is 0.402 e. The van der Waals surface area contributed by atoms with Gasteiger partial charge in [0.2, 0.25) is 0 Å². The van der Waals surface area contributed by atoms with Gasteiger partial charge in [-0.1, -0.05) is 0 Å². The second-order valence-electron chi connectivity index (χ2n) is 2.66. The molecule has 1 rings (SSSR count). The summed E-state index contributed by atoms with van der Waals surface area (Å²) in [6.07, 6.45) is -3.90. The van der Waals surface area contributed by atoms with Crippen LogP contribution in [-0.4, -0.2) is 11.3 Å². The fourth-order valence-corrected chi connectivity index (χ4v) is 0.904. The minimum Gasteiger partial charge on any atom is -0.402 e. The number of aryl methyl sites for hydroxylation is 1. The van der Waals surface area contributed by atoms with Gasteiger partial charge in [0.25, 0.3) is 0 Å². The number of ether oxygens (including phenoxy) is 1. The summed E-state index contributed by atoms with van der Waals surface area (Å²) in [5.74, 6) is -0.697. The van der Waals surface area contributed by atoms with Crippen molar-refractivity contribution in [1.82, 2.24) is 4.98 Å². The van der Waals surface area contributed by atoms with Crippen LogP contribution in [0.25, 0.3) is 0 Å². The van der Waals surface area contributed by atoms with Crippen LogP contribution >= 0.6 is 0 Å². The number of nitrogen functional groups attached to an aromatic ring is 1. The highest BCUT2D eigenvalue weighted by molar-refractivity contribution is 5.62. The molecule has 7 heteroatoms. The Kier molecular flexibility index (Phi) is 2.70. The minimum absolute atomic E-state index is 0.174. The third kappa shape index (κ3) is 2.49. The molecule has 0 amide bonds. The highest BCUT2D eigenvalue weighted by Gasteiger charge is 2.33. The summed E-state index contributed by atoms with van der Waals surface area (Å²) in [5.41, 5.74) is 4.86. The Bertz CT molecular complexity index is 422. The van der Waals surface area contributed by atoms with Crippen LogP contribution in [0, 0.1) is 18.3 Å². The first-order valence-corrected chi connectivity index (χ1v) is 3.76. The summed E-state index contributed by atoms with van der Waals surface area (Å²) in [6, 6.07) is 1.52. The van der Waals surface area contributed by atoms with E-state index in [1.165, 1.54) is 13.0 Å². The Morgan fingerprint density at radius 1 is 1.53 bits per heavy atom. The molecule has 0 aliphatic heterocycles. The third-order valence-electron chi connectivity index (χ3n) is 1.60. The number of nitriles is 1. The zero-order valence-electron chi connectivity index (χ0n) is 7.59. The van der Waals surface area contributed by atoms with Crippen LogP contribution in [0.2, 0.25) is 0 Å². The second kappa shape index (κ2) is 3.65. The predicted octanol–water partition coefficient (Wildman–Crippen LogP) is 1.74. The molecule has 0 spiro atoms. The van der Waals surface area contributed by atoms with Crippen LogP contribution in [0.3, 0.4) is 0 Å². The van der Waals surface area contributed by atoms with Crippen molar-refractivity contribution in [2.75, 3.05) is 5.73 Å². The standard InChI is InChI=1S/C8H6F3N3O/c1-4-6(13)7(15-8(9,10)11)5(2-12)3-14-4/h3H,13H2,1H3. The van der Waals surface area contributed by atoms with Crippen molar-refractivity contribution in [3.05, 3.63) is 17.5 Å². The first-order valence-electron chi connectivity index (χ1n) is 3.76. The van der Waals surface area contributed by atoms with E-state index in [4.69, 9.17) is 11.0 Å². The summed E-state index contributed by atoms with van der Waals surface area (Å²) in [4.78, 5) is 3.65. The molecule has 15 heavy (non-hydrogen) atoms. The summed E-state index contributed by atoms with van der Waals surface area (Å²) >= 11 is 0. The summed E-state index contributed by atoms with van der Waals surface area (Å²) < 4.78 is 39.5. The van der Waals surface area contributed by atoms with Crippen LogP contribution in [0.4, 0.5) is 18.9 Å². The number of hydrogen-bond donors (Lipinski definition) is 1. The molecular weight excluding hydrogens is 211 g/mol. The molecule has 0 aliphatic rings. The maximum absolute atomic E-state index is 12.0. The van der Waals surface area contributed by atoms with E-state index >= 15 is 0 Å². The van der Waals surface area contributed by atoms with Crippen molar-refractivity contribution in [2.24, 2.45) is 0 Å². The van der Waals surface area contributed by atoms with Crippen molar-refractivity contribution < 1.29 is 17.9 Å². The van der Waals surface area contributed by atoms with Crippen molar-refractivity contribution in [3.8, 4) is 11.8 Å². The van der Waals surface area contributed by atoms with Crippen molar-refractivity contribution in [3.63, 3.8) is 0 Å². The normalized spacial score (nSPS) is 10.9. The van der Waals surface area contributed by atoms with E-state index in [1.54, 1.807) is 0 Å². The fraction of sp³-hybridized carbons (Fsp3) is 0.250. The number of anilines is 1. The van der Waals surface area contributed by atoms with E-state index in [0.717, 1.165) is 6.20 Å². The number of halogens is 3. The molecule has 4 nitrogen and oxygen atoms in total. The van der Waals surface area contributed by atoms with E-state index < -0.39 is 12.1 Å². The molecule has 1 heterocycles. The van der Waals surface area contributed by atoms with Crippen molar-refractivity contribution in [2.45, 2.75) is 13.3 Å². The lowest BCUT2D eigenvalue weighted by molar-refractivity contribution is -0.274. The van der Waals surface area contributed by atoms with E-state index in [2.05, 4.69) is 9.72 Å². The lowest BCUT2D eigenvalue weighted by atomic mass is 10.2. The lowest BCUT2D eigenvalue weighted by Crippen LogP contribution is -2.19. The summed E-state index contributed by atoms with van der Waals surface area (Å²) in [6.45, 7) is 1.42. The molecule has 0 aromatic carbocycles. The van der Waals surface area contributed by atoms with Gasteiger partial charge in [0.05, 0.1) is 11.4 Å². The largest absolute Gasteiger partial charge is 0.573 e. The zero-order valence-corrected chi connectivity index (χ0v) is 7.59. The molecule has 80 valence electrons. The molecular formula is C8H6F3N3O. The molecule has 0 saturated heterocycles. The number of pyridine rings is 1. The first kappa shape index (κ1) is 11.1. The Hall–Kier alpha value is -1.97. The molecule has 2 N–H and O–H groups in total. The number of alkyl halides is 3. The summed E-state index contributed by atoms with van der Waals surface area (Å²) in [5, 5.41) is 8.54. The highest BCUT2D eigenvalue weighted by atomic mass is 19.4. The summed E-state index contributed by atoms with van der Waals surface area (Å²) in [7, 11) is 0. The lowest BCUT2D eigenvalue weighted by Gasteiger charge is -2.12. The van der Waals surface area contributed by atoms with Crippen molar-refractivity contribution >= 4 is 5.69 Å². The van der Waals surface area contributed by atoms with Crippen LogP contribution in [0.5, 0.6) is 5.75 Å². The molecule has 0 atom stereocenters. The molecule has 0 radical (unpaired) electrons. The van der Waals surface area contributed by atoms with E-state index in [-0.39, 0.29) is 16.9 Å². The predicted molar refractivity (Wildman–Crippen MR) is 44.8 cm³/mol. The number of nitrogens with two attached hydrogens (primary N) is 1. The highest BCUT2D eigenvalue weighted by Crippen LogP contribution is 2.32. The maximum Gasteiger partial charge on any atom is 0.573 e. The maximum atomic E-state index is 12.0. The Morgan fingerprint density at radius 2 is 2.13 bits per heavy atom. The van der Waals surface area contributed by atoms with Gasteiger partial charge in [0.1, 0.15) is 11.6 Å². The number of aromatic nitrogens is 1. The molecule has 0 bridgehead atoms. The Morgan fingerprint density at radius 3 is 2.60 bits per heavy atom. The first-order chi connectivity index (χ1) is 6.85. The number of nitrogens with zero attached hydrogens (tertiary/aromatic N) is 2. The molecule has 0 aliphatic carbocycles. The Balaban J connectivity index is 3.26. The van der Waals surface area contributed by atoms with Gasteiger partial charge in [0, 0.05) is 6.20 Å². The van der Waals surface area contributed by atoms with Gasteiger partial charge in [-0.2, -0.15) is 5.26 Å². The van der Waals surface area contributed by atoms with Gasteiger partial charge in [-0.3, -0.25) is 4.98 Å². The SMILES string of the molecule is Cc1ncc(C#N)c(OC(F)(F)F)c1N. The molecule has 0 saturated carbocycles. The van der Waals surface area contributed by atoms with E-state index in [0.29, 0.717) is 0 Å². The quantitative estimate of drug-likeness (QED) is 0.777. The van der Waals surface area contributed by atoms with Gasteiger partial charge in [0.15, 0.2) is 5.75 Å². The molecule has 1 aromatic rings. The van der Waals surface area contributed by atoms with Gasteiger partial charge in [-0.15, -0.1) is 13.2 Å². The van der Waals surface area contributed by atoms with Crippen molar-refractivity contribution in [1.29, 1.82) is 5.26 Å². The van der Waals surface area contributed by atoms with Crippen LogP contribution in [-0.2, 0) is 0 Å². The van der Waals surface area contributed by atoms with Gasteiger partial charge in [-0.05, 0) is 6.92 Å². The Labute approximate surface area is 83.1 Å². The second-order valence-corrected chi connectivity index (χ2v) is 2.66. The van der Waals surface area contributed by atoms with Gasteiger partial charge < -0.3 is 10.5 Å². The van der Waals surface area contributed by atoms with Gasteiger partial charge >= 0.3 is 6.36 Å². The monoisotopic (exact) mass is 217 g/mol. The molecule has 0 fully saturated rings. The average molecular weight is 217 g/mol. The zero-order chi connectivity index (χ0) is 11.6. The van der Waals surface area contributed by atoms with Crippen LogP contribution < -0.4 is 10.5 Å². The minimum atomic E-state index is -4.88. The van der Waals surface area contributed by atoms with E-state index in [9.17, 15) is 13.2 Å². The third-order valence-corrected chi connectivity index (χ3v) is 1.60.